The summed E-state index contributed by atoms with van der Waals surface area (Å²) in [6.45, 7) is 1.17. The number of carbonyl (C=O) groups is 2. The second-order valence-corrected chi connectivity index (χ2v) is 7.55. The molecule has 0 unspecified atom stereocenters. The van der Waals surface area contributed by atoms with Crippen molar-refractivity contribution in [3.63, 3.8) is 0 Å². The summed E-state index contributed by atoms with van der Waals surface area (Å²) in [5.41, 5.74) is 2.26. The number of hydrogen-bond acceptors (Lipinski definition) is 6. The fraction of sp³-hybridized carbons (Fsp3) is 0.259. The predicted molar refractivity (Wildman–Crippen MR) is 126 cm³/mol. The summed E-state index contributed by atoms with van der Waals surface area (Å²) in [7, 11) is 1.38. The van der Waals surface area contributed by atoms with Crippen molar-refractivity contribution in [1.82, 2.24) is 0 Å². The van der Waals surface area contributed by atoms with E-state index in [1.54, 1.807) is 36.4 Å². The number of ether oxygens (including phenoxy) is 4. The van der Waals surface area contributed by atoms with Crippen LogP contribution in [-0.2, 0) is 27.3 Å². The molecule has 0 saturated carbocycles. The molecule has 0 aliphatic carbocycles. The molecule has 0 aliphatic rings. The highest BCUT2D eigenvalue weighted by Crippen LogP contribution is 2.16. The largest absolute Gasteiger partial charge is 0.493 e. The Labute approximate surface area is 198 Å². The maximum absolute atomic E-state index is 12.2. The number of methoxy groups -OCH3 is 1. The first-order valence-corrected chi connectivity index (χ1v) is 11.0. The molecule has 3 rings (SSSR count). The Kier molecular flexibility index (Phi) is 9.49. The lowest BCUT2D eigenvalue weighted by Crippen LogP contribution is -2.24. The minimum atomic E-state index is -0.986. The minimum Gasteiger partial charge on any atom is -0.493 e. The van der Waals surface area contributed by atoms with E-state index < -0.39 is 12.1 Å². The van der Waals surface area contributed by atoms with Crippen LogP contribution in [0.1, 0.15) is 27.9 Å². The molecule has 0 heterocycles. The van der Waals surface area contributed by atoms with Crippen molar-refractivity contribution in [2.45, 2.75) is 25.6 Å². The van der Waals surface area contributed by atoms with E-state index in [0.717, 1.165) is 11.1 Å². The smallest absolute Gasteiger partial charge is 0.338 e. The Morgan fingerprint density at radius 2 is 1.38 bits per heavy atom. The molecule has 0 aliphatic heterocycles. The Morgan fingerprint density at radius 1 is 0.794 bits per heavy atom. The van der Waals surface area contributed by atoms with Gasteiger partial charge < -0.3 is 24.1 Å². The van der Waals surface area contributed by atoms with E-state index in [-0.39, 0.29) is 12.6 Å². The highest BCUT2D eigenvalue weighted by Gasteiger charge is 2.16. The fourth-order valence-electron chi connectivity index (χ4n) is 3.14. The molecule has 1 N–H and O–H groups in total. The molecule has 178 valence electrons. The van der Waals surface area contributed by atoms with Crippen molar-refractivity contribution in [3.8, 4) is 11.5 Å². The zero-order valence-electron chi connectivity index (χ0n) is 19.0. The fourth-order valence-corrected chi connectivity index (χ4v) is 3.14. The number of esters is 1. The van der Waals surface area contributed by atoms with Crippen molar-refractivity contribution < 1.29 is 33.6 Å². The summed E-state index contributed by atoms with van der Waals surface area (Å²) < 4.78 is 21.7. The summed E-state index contributed by atoms with van der Waals surface area (Å²) in [6, 6.07) is 23.6. The van der Waals surface area contributed by atoms with Crippen LogP contribution in [0.25, 0.3) is 0 Å². The van der Waals surface area contributed by atoms with Gasteiger partial charge in [-0.2, -0.15) is 0 Å². The lowest BCUT2D eigenvalue weighted by molar-refractivity contribution is -0.148. The van der Waals surface area contributed by atoms with Gasteiger partial charge in [-0.3, -0.25) is 0 Å². The van der Waals surface area contributed by atoms with E-state index in [2.05, 4.69) is 0 Å². The number of carbonyl (C=O) groups excluding carboxylic acids is 1. The number of rotatable bonds is 13. The van der Waals surface area contributed by atoms with E-state index in [4.69, 9.17) is 24.1 Å². The standard InChI is InChI=1S/C27H28O7/c1-31-25(26(28)29)18-20-8-12-23(13-9-20)32-16-5-17-33-24-14-10-22(11-15-24)27(30)34-19-21-6-3-2-4-7-21/h2-4,6-15,25H,5,16-19H2,1H3,(H,28,29)/t25-/m0/s1. The minimum absolute atomic E-state index is 0.233. The topological polar surface area (TPSA) is 91.3 Å². The maximum Gasteiger partial charge on any atom is 0.338 e. The second kappa shape index (κ2) is 13.0. The molecule has 0 amide bonds. The zero-order valence-corrected chi connectivity index (χ0v) is 19.0. The Bertz CT molecular complexity index is 1030. The summed E-state index contributed by atoms with van der Waals surface area (Å²) in [5, 5.41) is 9.05. The summed E-state index contributed by atoms with van der Waals surface area (Å²) in [5.74, 6) is -0.00233. The average molecular weight is 465 g/mol. The number of benzene rings is 3. The third-order valence-corrected chi connectivity index (χ3v) is 5.03. The average Bonchev–Trinajstić information content (AvgIpc) is 2.87. The molecule has 0 fully saturated rings. The van der Waals surface area contributed by atoms with Crippen LogP contribution in [0.4, 0.5) is 0 Å². The van der Waals surface area contributed by atoms with Gasteiger partial charge in [0.1, 0.15) is 18.1 Å². The van der Waals surface area contributed by atoms with Gasteiger partial charge in [-0.1, -0.05) is 42.5 Å². The van der Waals surface area contributed by atoms with E-state index in [1.165, 1.54) is 7.11 Å². The van der Waals surface area contributed by atoms with Gasteiger partial charge in [0.15, 0.2) is 6.10 Å². The molecule has 0 bridgehead atoms. The number of aliphatic carboxylic acids is 1. The number of hydrogen-bond donors (Lipinski definition) is 1. The molecule has 34 heavy (non-hydrogen) atoms. The van der Waals surface area contributed by atoms with Crippen molar-refractivity contribution >= 4 is 11.9 Å². The maximum atomic E-state index is 12.2. The van der Waals surface area contributed by atoms with Gasteiger partial charge in [-0.25, -0.2) is 9.59 Å². The molecule has 0 aromatic heterocycles. The van der Waals surface area contributed by atoms with Gasteiger partial charge in [0, 0.05) is 20.0 Å². The molecule has 0 spiro atoms. The molecule has 1 atom stereocenters. The van der Waals surface area contributed by atoms with E-state index in [1.807, 2.05) is 42.5 Å². The van der Waals surface area contributed by atoms with Crippen LogP contribution < -0.4 is 9.47 Å². The van der Waals surface area contributed by atoms with E-state index in [0.29, 0.717) is 43.1 Å². The zero-order chi connectivity index (χ0) is 24.2. The normalized spacial score (nSPS) is 11.4. The Hall–Kier alpha value is -3.84. The van der Waals surface area contributed by atoms with Gasteiger partial charge >= 0.3 is 11.9 Å². The highest BCUT2D eigenvalue weighted by molar-refractivity contribution is 5.89. The lowest BCUT2D eigenvalue weighted by Gasteiger charge is -2.11. The van der Waals surface area contributed by atoms with Crippen LogP contribution in [0.15, 0.2) is 78.9 Å². The molecule has 7 heteroatoms. The first-order valence-electron chi connectivity index (χ1n) is 11.0. The first kappa shape index (κ1) is 24.8. The summed E-state index contributed by atoms with van der Waals surface area (Å²) in [6.07, 6.45) is 0.106. The van der Waals surface area contributed by atoms with Crippen molar-refractivity contribution in [1.29, 1.82) is 0 Å². The van der Waals surface area contributed by atoms with Gasteiger partial charge in [0.2, 0.25) is 0 Å². The van der Waals surface area contributed by atoms with Gasteiger partial charge in [-0.15, -0.1) is 0 Å². The SMILES string of the molecule is CO[C@@H](Cc1ccc(OCCCOc2ccc(C(=O)OCc3ccccc3)cc2)cc1)C(=O)O. The predicted octanol–water partition coefficient (Wildman–Crippen LogP) is 4.53. The van der Waals surface area contributed by atoms with Crippen LogP contribution in [-0.4, -0.2) is 43.5 Å². The van der Waals surface area contributed by atoms with Crippen molar-refractivity contribution in [3.05, 3.63) is 95.6 Å². The molecule has 0 saturated heterocycles. The van der Waals surface area contributed by atoms with E-state index in [9.17, 15) is 9.59 Å². The van der Waals surface area contributed by atoms with Crippen molar-refractivity contribution in [2.24, 2.45) is 0 Å². The Morgan fingerprint density at radius 3 is 1.94 bits per heavy atom. The molecular weight excluding hydrogens is 436 g/mol. The van der Waals surface area contributed by atoms with Gasteiger partial charge in [0.05, 0.1) is 18.8 Å². The molecule has 3 aromatic carbocycles. The van der Waals surface area contributed by atoms with Crippen LogP contribution in [0, 0.1) is 0 Å². The summed E-state index contributed by atoms with van der Waals surface area (Å²) in [4.78, 5) is 23.2. The molecule has 0 radical (unpaired) electrons. The van der Waals surface area contributed by atoms with Crippen LogP contribution in [0.2, 0.25) is 0 Å². The molecular formula is C27H28O7. The first-order chi connectivity index (χ1) is 16.5. The van der Waals surface area contributed by atoms with Crippen LogP contribution in [0.3, 0.4) is 0 Å². The molecule has 3 aromatic rings. The second-order valence-electron chi connectivity index (χ2n) is 7.55. The van der Waals surface area contributed by atoms with Crippen molar-refractivity contribution in [2.75, 3.05) is 20.3 Å². The third kappa shape index (κ3) is 7.94. The van der Waals surface area contributed by atoms with Crippen LogP contribution >= 0.6 is 0 Å². The van der Waals surface area contributed by atoms with Gasteiger partial charge in [-0.05, 0) is 47.5 Å². The lowest BCUT2D eigenvalue weighted by atomic mass is 10.1. The van der Waals surface area contributed by atoms with Crippen LogP contribution in [0.5, 0.6) is 11.5 Å². The summed E-state index contributed by atoms with van der Waals surface area (Å²) >= 11 is 0. The Balaban J connectivity index is 1.34. The number of carboxylic acids is 1. The van der Waals surface area contributed by atoms with E-state index >= 15 is 0 Å². The van der Waals surface area contributed by atoms with Gasteiger partial charge in [0.25, 0.3) is 0 Å². The third-order valence-electron chi connectivity index (χ3n) is 5.03. The quantitative estimate of drug-likeness (QED) is 0.293. The highest BCUT2D eigenvalue weighted by atomic mass is 16.5. The monoisotopic (exact) mass is 464 g/mol. The number of carboxylic acid groups (broad SMARTS) is 1. The molecule has 7 nitrogen and oxygen atoms in total.